The van der Waals surface area contributed by atoms with Gasteiger partial charge < -0.3 is 20.9 Å². The molecule has 0 aromatic rings. The van der Waals surface area contributed by atoms with Gasteiger partial charge in [0.1, 0.15) is 12.1 Å². The molecule has 0 heterocycles. The zero-order chi connectivity index (χ0) is 35.3. The van der Waals surface area contributed by atoms with Gasteiger partial charge >= 0.3 is 11.9 Å². The number of esters is 1. The Bertz CT molecular complexity index is 813. The zero-order valence-electron chi connectivity index (χ0n) is 31.3. The number of nitrogens with one attached hydrogen (secondary N) is 1. The van der Waals surface area contributed by atoms with Gasteiger partial charge in [0.25, 0.3) is 0 Å². The number of nitrogens with two attached hydrogens (primary N) is 1. The second-order valence-electron chi connectivity index (χ2n) is 13.7. The second kappa shape index (κ2) is 36.1. The molecule has 1 amide bonds. The molecule has 0 aliphatic rings. The molecule has 280 valence electrons. The normalized spacial score (nSPS) is 12.9. The first kappa shape index (κ1) is 45.9. The average molecular weight is 677 g/mol. The smallest absolute Gasteiger partial charge is 0.326 e. The molecule has 0 aromatic carbocycles. The highest BCUT2D eigenvalue weighted by Crippen LogP contribution is 2.15. The fraction of sp³-hybridized carbons (Fsp3) is 0.829. The monoisotopic (exact) mass is 677 g/mol. The number of carboxylic acids is 1. The van der Waals surface area contributed by atoms with Crippen molar-refractivity contribution in [2.45, 2.75) is 212 Å². The number of hydrogen-bond donors (Lipinski definition) is 3. The molecule has 7 nitrogen and oxygen atoms in total. The van der Waals surface area contributed by atoms with E-state index >= 15 is 0 Å². The molecule has 4 N–H and O–H groups in total. The first-order chi connectivity index (χ1) is 23.4. The maximum absolute atomic E-state index is 12.6. The maximum Gasteiger partial charge on any atom is 0.326 e. The molecular formula is C41H76N2O5. The molecule has 0 fully saturated rings. The highest BCUT2D eigenvalue weighted by atomic mass is 16.5. The third-order valence-corrected chi connectivity index (χ3v) is 8.97. The molecule has 2 atom stereocenters. The molecular weight excluding hydrogens is 600 g/mol. The molecule has 0 spiro atoms. The van der Waals surface area contributed by atoms with Gasteiger partial charge in [-0.25, -0.2) is 4.79 Å². The zero-order valence-corrected chi connectivity index (χ0v) is 31.3. The van der Waals surface area contributed by atoms with Gasteiger partial charge in [-0.3, -0.25) is 9.59 Å². The third-order valence-electron chi connectivity index (χ3n) is 8.97. The predicted molar refractivity (Wildman–Crippen MR) is 202 cm³/mol. The van der Waals surface area contributed by atoms with Crippen LogP contribution in [0.25, 0.3) is 0 Å². The lowest BCUT2D eigenvalue weighted by atomic mass is 10.1. The van der Waals surface area contributed by atoms with E-state index in [9.17, 15) is 19.5 Å². The van der Waals surface area contributed by atoms with Crippen LogP contribution in [0.15, 0.2) is 24.3 Å². The van der Waals surface area contributed by atoms with Gasteiger partial charge in [-0.1, -0.05) is 128 Å². The fourth-order valence-corrected chi connectivity index (χ4v) is 5.88. The fourth-order valence-electron chi connectivity index (χ4n) is 5.88. The molecule has 7 heteroatoms. The van der Waals surface area contributed by atoms with E-state index in [2.05, 4.69) is 43.5 Å². The number of rotatable bonds is 36. The van der Waals surface area contributed by atoms with Crippen LogP contribution in [-0.2, 0) is 19.1 Å². The Morgan fingerprint density at radius 1 is 0.604 bits per heavy atom. The Balaban J connectivity index is 4.07. The van der Waals surface area contributed by atoms with Crippen LogP contribution in [0.2, 0.25) is 0 Å². The molecule has 0 saturated carbocycles. The minimum Gasteiger partial charge on any atom is -0.480 e. The largest absolute Gasteiger partial charge is 0.480 e. The summed E-state index contributed by atoms with van der Waals surface area (Å²) in [6, 6.07) is -0.868. The Morgan fingerprint density at radius 3 is 1.67 bits per heavy atom. The number of allylic oxidation sites excluding steroid dienone is 3. The van der Waals surface area contributed by atoms with Crippen molar-refractivity contribution < 1.29 is 24.2 Å². The van der Waals surface area contributed by atoms with Crippen molar-refractivity contribution in [2.75, 3.05) is 6.54 Å². The number of carboxylic acid groups (broad SMARTS) is 1. The van der Waals surface area contributed by atoms with Crippen molar-refractivity contribution in [3.05, 3.63) is 24.3 Å². The van der Waals surface area contributed by atoms with E-state index < -0.39 is 12.0 Å². The van der Waals surface area contributed by atoms with Crippen molar-refractivity contribution in [3.63, 3.8) is 0 Å². The standard InChI is InChI=1S/C41H76N2O5/c1-3-5-7-9-10-11-12-13-14-15-16-17-18-19-20-21-23-29-35-40(45)48-37(31-26-22-8-6-4-2)32-27-24-25-28-34-39(44)43-38(41(46)47)33-30-36-42/h14-15,26,31,37-38H,3-13,16-25,27-30,32-36,42H2,1-2H3,(H,43,44)(H,46,47)/b15-14-,31-26-. The van der Waals surface area contributed by atoms with Crippen LogP contribution in [0.3, 0.4) is 0 Å². The summed E-state index contributed by atoms with van der Waals surface area (Å²) in [5.74, 6) is -1.34. The van der Waals surface area contributed by atoms with E-state index in [1.165, 1.54) is 103 Å². The second-order valence-corrected chi connectivity index (χ2v) is 13.7. The Labute approximate surface area is 295 Å². The van der Waals surface area contributed by atoms with E-state index in [0.29, 0.717) is 38.6 Å². The van der Waals surface area contributed by atoms with Crippen molar-refractivity contribution in [1.82, 2.24) is 5.32 Å². The summed E-state index contributed by atoms with van der Waals surface area (Å²) in [7, 11) is 0. The quantitative estimate of drug-likeness (QED) is 0.0345. The van der Waals surface area contributed by atoms with Crippen molar-refractivity contribution in [2.24, 2.45) is 5.73 Å². The molecule has 0 bridgehead atoms. The van der Waals surface area contributed by atoms with Gasteiger partial charge in [0.15, 0.2) is 0 Å². The number of carbonyl (C=O) groups is 3. The van der Waals surface area contributed by atoms with Gasteiger partial charge in [-0.15, -0.1) is 0 Å². The number of carbonyl (C=O) groups excluding carboxylic acids is 2. The van der Waals surface area contributed by atoms with Crippen LogP contribution in [0, 0.1) is 0 Å². The number of hydrogen-bond acceptors (Lipinski definition) is 5. The first-order valence-electron chi connectivity index (χ1n) is 20.2. The van der Waals surface area contributed by atoms with Crippen molar-refractivity contribution >= 4 is 17.8 Å². The van der Waals surface area contributed by atoms with Crippen molar-refractivity contribution in [3.8, 4) is 0 Å². The van der Waals surface area contributed by atoms with Gasteiger partial charge in [-0.2, -0.15) is 0 Å². The topological polar surface area (TPSA) is 119 Å². The molecule has 0 rings (SSSR count). The average Bonchev–Trinajstić information content (AvgIpc) is 3.07. The number of unbranched alkanes of at least 4 members (excludes halogenated alkanes) is 20. The lowest BCUT2D eigenvalue weighted by Gasteiger charge is -2.15. The molecule has 0 saturated heterocycles. The summed E-state index contributed by atoms with van der Waals surface area (Å²) in [5.41, 5.74) is 5.47. The molecule has 48 heavy (non-hydrogen) atoms. The lowest BCUT2D eigenvalue weighted by molar-refractivity contribution is -0.147. The van der Waals surface area contributed by atoms with E-state index in [0.717, 1.165) is 51.4 Å². The summed E-state index contributed by atoms with van der Waals surface area (Å²) >= 11 is 0. The van der Waals surface area contributed by atoms with Crippen LogP contribution in [0.4, 0.5) is 0 Å². The minimum atomic E-state index is -1.02. The number of amides is 1. The molecule has 0 aliphatic heterocycles. The Hall–Kier alpha value is -2.15. The predicted octanol–water partition coefficient (Wildman–Crippen LogP) is 10.9. The lowest BCUT2D eigenvalue weighted by Crippen LogP contribution is -2.40. The summed E-state index contributed by atoms with van der Waals surface area (Å²) < 4.78 is 5.87. The van der Waals surface area contributed by atoms with E-state index in [4.69, 9.17) is 10.5 Å². The number of aliphatic carboxylic acids is 1. The summed E-state index contributed by atoms with van der Waals surface area (Å²) in [4.78, 5) is 36.1. The molecule has 0 radical (unpaired) electrons. The van der Waals surface area contributed by atoms with E-state index in [1.807, 2.05) is 0 Å². The highest BCUT2D eigenvalue weighted by Gasteiger charge is 2.19. The van der Waals surface area contributed by atoms with Crippen LogP contribution < -0.4 is 11.1 Å². The van der Waals surface area contributed by atoms with Gasteiger partial charge in [0.2, 0.25) is 5.91 Å². The van der Waals surface area contributed by atoms with Crippen LogP contribution in [0.5, 0.6) is 0 Å². The third kappa shape index (κ3) is 32.4. The Kier molecular flexibility index (Phi) is 34.5. The number of ether oxygens (including phenoxy) is 1. The van der Waals surface area contributed by atoms with E-state index in [1.54, 1.807) is 0 Å². The first-order valence-corrected chi connectivity index (χ1v) is 20.2. The SMILES string of the molecule is CCCCC/C=C\C(CCCCCCC(=O)NC(CCCN)C(=O)O)OC(=O)CCCCCCCCC/C=C\CCCCCCCCC. The van der Waals surface area contributed by atoms with Gasteiger partial charge in [-0.05, 0) is 89.7 Å². The molecule has 2 unspecified atom stereocenters. The highest BCUT2D eigenvalue weighted by molar-refractivity contribution is 5.83. The van der Waals surface area contributed by atoms with Gasteiger partial charge in [0.05, 0.1) is 0 Å². The summed E-state index contributed by atoms with van der Waals surface area (Å²) in [5, 5.41) is 11.9. The summed E-state index contributed by atoms with van der Waals surface area (Å²) in [6.45, 7) is 4.87. The molecule has 0 aromatic heterocycles. The maximum atomic E-state index is 12.6. The summed E-state index contributed by atoms with van der Waals surface area (Å²) in [6.07, 6.45) is 39.7. The van der Waals surface area contributed by atoms with Crippen LogP contribution in [-0.4, -0.2) is 41.6 Å². The van der Waals surface area contributed by atoms with Crippen LogP contribution in [0.1, 0.15) is 200 Å². The van der Waals surface area contributed by atoms with Crippen molar-refractivity contribution in [1.29, 1.82) is 0 Å². The minimum absolute atomic E-state index is 0.0965. The van der Waals surface area contributed by atoms with Crippen LogP contribution >= 0.6 is 0 Å². The Morgan fingerprint density at radius 2 is 1.08 bits per heavy atom. The van der Waals surface area contributed by atoms with E-state index in [-0.39, 0.29) is 18.0 Å². The molecule has 0 aliphatic carbocycles. The van der Waals surface area contributed by atoms with Gasteiger partial charge in [0, 0.05) is 12.8 Å².